The van der Waals surface area contributed by atoms with Crippen LogP contribution in [0, 0.1) is 29.5 Å². The Morgan fingerprint density at radius 1 is 1.12 bits per heavy atom. The lowest BCUT2D eigenvalue weighted by Gasteiger charge is -2.50. The third-order valence-corrected chi connectivity index (χ3v) is 10.0. The summed E-state index contributed by atoms with van der Waals surface area (Å²) in [7, 11) is 3.12. The third-order valence-electron chi connectivity index (χ3n) is 10.0. The fourth-order valence-electron chi connectivity index (χ4n) is 7.86. The molecule has 1 saturated heterocycles. The second kappa shape index (κ2) is 9.64. The van der Waals surface area contributed by atoms with E-state index in [0.717, 1.165) is 37.8 Å². The molecule has 1 aromatic rings. The van der Waals surface area contributed by atoms with E-state index in [9.17, 15) is 34.8 Å². The molecule has 6 rings (SSSR count). The maximum atomic E-state index is 16.0. The highest BCUT2D eigenvalue weighted by Gasteiger charge is 2.63. The number of hydrogen-bond donors (Lipinski definition) is 5. The van der Waals surface area contributed by atoms with Gasteiger partial charge in [0.1, 0.15) is 28.7 Å². The Morgan fingerprint density at radius 2 is 1.76 bits per heavy atom. The quantitative estimate of drug-likeness (QED) is 0.333. The summed E-state index contributed by atoms with van der Waals surface area (Å²) >= 11 is 0. The number of ketones is 2. The van der Waals surface area contributed by atoms with E-state index in [2.05, 4.69) is 4.90 Å². The molecule has 1 heterocycles. The first-order valence-electron chi connectivity index (χ1n) is 14.3. The zero-order valence-electron chi connectivity index (χ0n) is 23.2. The van der Waals surface area contributed by atoms with Gasteiger partial charge in [-0.15, -0.1) is 0 Å². The number of carbonyl (C=O) groups excluding carboxylic acids is 3. The molecular weight excluding hydrogens is 533 g/mol. The van der Waals surface area contributed by atoms with Crippen molar-refractivity contribution in [3.05, 3.63) is 51.2 Å². The van der Waals surface area contributed by atoms with E-state index in [1.165, 1.54) is 23.8 Å². The average Bonchev–Trinajstić information content (AvgIpc) is 3.75. The van der Waals surface area contributed by atoms with Gasteiger partial charge in [-0.3, -0.25) is 24.2 Å². The molecule has 10 nitrogen and oxygen atoms in total. The number of aliphatic hydroxyl groups excluding tert-OH is 2. The molecule has 6 N–H and O–H groups in total. The van der Waals surface area contributed by atoms with E-state index in [4.69, 9.17) is 5.73 Å². The molecule has 1 amide bonds. The van der Waals surface area contributed by atoms with Crippen LogP contribution in [0.4, 0.5) is 4.39 Å². The second-order valence-corrected chi connectivity index (χ2v) is 12.6. The Hall–Kier alpha value is -3.28. The number of primary amides is 1. The number of phenols is 1. The molecule has 41 heavy (non-hydrogen) atoms. The van der Waals surface area contributed by atoms with Crippen molar-refractivity contribution >= 4 is 17.5 Å². The van der Waals surface area contributed by atoms with Crippen LogP contribution < -0.4 is 5.73 Å². The zero-order chi connectivity index (χ0) is 29.5. The summed E-state index contributed by atoms with van der Waals surface area (Å²) in [5, 5.41) is 44.8. The molecule has 0 spiro atoms. The number of nitrogens with two attached hydrogens (primary N) is 1. The van der Waals surface area contributed by atoms with Gasteiger partial charge >= 0.3 is 0 Å². The smallest absolute Gasteiger partial charge is 0.255 e. The van der Waals surface area contributed by atoms with Gasteiger partial charge in [0.25, 0.3) is 5.91 Å². The number of aliphatic hydroxyl groups is 3. The number of benzene rings is 1. The number of piperidine rings is 1. The first-order chi connectivity index (χ1) is 19.4. The van der Waals surface area contributed by atoms with Crippen molar-refractivity contribution in [1.29, 1.82) is 0 Å². The fraction of sp³-hybridized carbons (Fsp3) is 0.567. The molecule has 1 aromatic carbocycles. The Morgan fingerprint density at radius 3 is 2.34 bits per heavy atom. The Balaban J connectivity index is 1.37. The van der Waals surface area contributed by atoms with Gasteiger partial charge in [-0.05, 0) is 89.5 Å². The van der Waals surface area contributed by atoms with Crippen LogP contribution in [0.5, 0.6) is 5.75 Å². The Kier molecular flexibility index (Phi) is 6.55. The van der Waals surface area contributed by atoms with Crippen LogP contribution in [0.1, 0.15) is 53.6 Å². The highest BCUT2D eigenvalue weighted by Crippen LogP contribution is 2.52. The molecular formula is C30H36FN3O7. The van der Waals surface area contributed by atoms with Gasteiger partial charge in [0.2, 0.25) is 5.78 Å². The van der Waals surface area contributed by atoms with Crippen molar-refractivity contribution < 1.29 is 39.2 Å². The topological polar surface area (TPSA) is 165 Å². The summed E-state index contributed by atoms with van der Waals surface area (Å²) in [5.41, 5.74) is 1.49. The van der Waals surface area contributed by atoms with Crippen molar-refractivity contribution in [1.82, 2.24) is 9.80 Å². The lowest BCUT2D eigenvalue weighted by atomic mass is 9.58. The molecule has 2 fully saturated rings. The molecule has 5 aliphatic rings. The number of halogens is 1. The standard InChI is InChI=1S/C30H36FN3O7/c1-33(2)24-18-10-15-9-17-21(25(36)20(15)27(38)30(18,41)28(39)22(26(24)37)29(32)40)19(35)11-16(23(17)31)12-34-7-5-14(6-8-34)13-3-4-13/h11,13-15,18,24,35,37-38,41H,3-10,12H2,1-2H3,(H2,32,40)/t15-,18-,24-,30-/m0/s1. The molecule has 11 heteroatoms. The van der Waals surface area contributed by atoms with Crippen LogP contribution in [0.15, 0.2) is 28.7 Å². The van der Waals surface area contributed by atoms with E-state index >= 15 is 4.39 Å². The first-order valence-corrected chi connectivity index (χ1v) is 14.3. The van der Waals surface area contributed by atoms with Gasteiger partial charge in [-0.2, -0.15) is 0 Å². The highest BCUT2D eigenvalue weighted by molar-refractivity contribution is 6.24. The van der Waals surface area contributed by atoms with Gasteiger partial charge in [0, 0.05) is 29.2 Å². The van der Waals surface area contributed by atoms with Gasteiger partial charge in [0.05, 0.1) is 11.6 Å². The van der Waals surface area contributed by atoms with Crippen LogP contribution in [0.3, 0.4) is 0 Å². The molecule has 1 saturated carbocycles. The fourth-order valence-corrected chi connectivity index (χ4v) is 7.86. The number of phenolic OH excluding ortho intramolecular Hbond substituents is 1. The summed E-state index contributed by atoms with van der Waals surface area (Å²) in [4.78, 5) is 42.8. The summed E-state index contributed by atoms with van der Waals surface area (Å²) in [6.07, 6.45) is 4.57. The van der Waals surface area contributed by atoms with Crippen LogP contribution >= 0.6 is 0 Å². The van der Waals surface area contributed by atoms with E-state index < -0.39 is 69.6 Å². The van der Waals surface area contributed by atoms with Crippen molar-refractivity contribution in [3.8, 4) is 5.75 Å². The number of Topliss-reactive ketones (excluding diaryl/α,β-unsaturated/α-hetero) is 2. The number of rotatable bonds is 5. The van der Waals surface area contributed by atoms with Crippen LogP contribution in [0.25, 0.3) is 0 Å². The van der Waals surface area contributed by atoms with Gasteiger partial charge < -0.3 is 26.2 Å². The zero-order valence-corrected chi connectivity index (χ0v) is 23.2. The van der Waals surface area contributed by atoms with Crippen molar-refractivity contribution in [2.45, 2.75) is 56.7 Å². The first kappa shape index (κ1) is 27.9. The average molecular weight is 570 g/mol. The number of likely N-dealkylation sites (N-methyl/N-ethyl adjacent to an activating group) is 1. The molecule has 0 bridgehead atoms. The minimum atomic E-state index is -2.72. The van der Waals surface area contributed by atoms with Crippen LogP contribution in [-0.2, 0) is 22.6 Å². The lowest BCUT2D eigenvalue weighted by Crippen LogP contribution is -2.63. The van der Waals surface area contributed by atoms with Crippen LogP contribution in [-0.4, -0.2) is 86.5 Å². The number of fused-ring (bicyclic) bond motifs is 3. The number of likely N-dealkylation sites (tertiary alicyclic amines) is 1. The monoisotopic (exact) mass is 569 g/mol. The highest BCUT2D eigenvalue weighted by atomic mass is 19.1. The molecule has 0 radical (unpaired) electrons. The third kappa shape index (κ3) is 4.11. The van der Waals surface area contributed by atoms with E-state index in [1.807, 2.05) is 0 Å². The Labute approximate surface area is 236 Å². The molecule has 4 atom stereocenters. The summed E-state index contributed by atoms with van der Waals surface area (Å²) in [5.74, 6) is -6.50. The van der Waals surface area contributed by atoms with Crippen molar-refractivity contribution in [3.63, 3.8) is 0 Å². The summed E-state index contributed by atoms with van der Waals surface area (Å²) < 4.78 is 16.0. The number of carbonyl (C=O) groups is 3. The number of allylic oxidation sites excluding steroid dienone is 1. The van der Waals surface area contributed by atoms with E-state index in [1.54, 1.807) is 14.1 Å². The molecule has 0 aromatic heterocycles. The number of nitrogens with zero attached hydrogens (tertiary/aromatic N) is 2. The number of amides is 1. The largest absolute Gasteiger partial charge is 0.510 e. The van der Waals surface area contributed by atoms with E-state index in [0.29, 0.717) is 6.54 Å². The SMILES string of the molecule is CN(C)[C@@H]1C(O)=C(C(N)=O)C(=O)[C@@]2(O)C(O)=C3C(=O)c4c(O)cc(CN5CCC(C6CC6)CC5)c(F)c4C[C@H]3C[C@@H]12. The predicted octanol–water partition coefficient (Wildman–Crippen LogP) is 1.88. The minimum absolute atomic E-state index is 0.0333. The second-order valence-electron chi connectivity index (χ2n) is 12.6. The summed E-state index contributed by atoms with van der Waals surface area (Å²) in [6, 6.07) is 0.153. The van der Waals surface area contributed by atoms with Crippen LogP contribution in [0.2, 0.25) is 0 Å². The number of hydrogen-bond acceptors (Lipinski definition) is 9. The maximum Gasteiger partial charge on any atom is 0.255 e. The number of aromatic hydroxyl groups is 1. The Bertz CT molecular complexity index is 1420. The molecule has 0 unspecified atom stereocenters. The predicted molar refractivity (Wildman–Crippen MR) is 144 cm³/mol. The van der Waals surface area contributed by atoms with Crippen molar-refractivity contribution in [2.75, 3.05) is 27.2 Å². The van der Waals surface area contributed by atoms with Gasteiger partial charge in [-0.1, -0.05) is 0 Å². The van der Waals surface area contributed by atoms with E-state index in [-0.39, 0.29) is 35.1 Å². The lowest BCUT2D eigenvalue weighted by molar-refractivity contribution is -0.148. The molecule has 1 aliphatic heterocycles. The minimum Gasteiger partial charge on any atom is -0.510 e. The molecule has 4 aliphatic carbocycles. The summed E-state index contributed by atoms with van der Waals surface area (Å²) in [6.45, 7) is 1.97. The normalized spacial score (nSPS) is 30.9. The van der Waals surface area contributed by atoms with Gasteiger partial charge in [0.15, 0.2) is 11.4 Å². The van der Waals surface area contributed by atoms with Crippen molar-refractivity contribution in [2.24, 2.45) is 29.4 Å². The molecule has 220 valence electrons. The van der Waals surface area contributed by atoms with Gasteiger partial charge in [-0.25, -0.2) is 4.39 Å². The maximum absolute atomic E-state index is 16.0.